The van der Waals surface area contributed by atoms with Gasteiger partial charge < -0.3 is 25.1 Å². The van der Waals surface area contributed by atoms with Crippen molar-refractivity contribution in [2.75, 3.05) is 38.3 Å². The molecule has 0 bridgehead atoms. The maximum absolute atomic E-state index is 5.78. The molecular weight excluding hydrogens is 320 g/mol. The second kappa shape index (κ2) is 6.66. The quantitative estimate of drug-likeness (QED) is 0.735. The number of methoxy groups -OCH3 is 1. The number of fused-ring (bicyclic) bond motifs is 1. The smallest absolute Gasteiger partial charge is 0.213 e. The molecule has 0 spiro atoms. The van der Waals surface area contributed by atoms with Crippen LogP contribution in [0.25, 0.3) is 22.2 Å². The van der Waals surface area contributed by atoms with Gasteiger partial charge in [-0.15, -0.1) is 0 Å². The van der Waals surface area contributed by atoms with Crippen molar-refractivity contribution < 1.29 is 9.47 Å². The largest absolute Gasteiger partial charge is 0.481 e. The normalized spacial score (nSPS) is 17.8. The number of hydrogen-bond donors (Lipinski definition) is 2. The Bertz CT molecular complexity index is 880. The van der Waals surface area contributed by atoms with Crippen molar-refractivity contribution in [2.45, 2.75) is 6.10 Å². The number of aromatic nitrogens is 4. The molecule has 1 aliphatic rings. The van der Waals surface area contributed by atoms with Crippen LogP contribution in [0.3, 0.4) is 0 Å². The van der Waals surface area contributed by atoms with Crippen LogP contribution < -0.4 is 15.4 Å². The fourth-order valence-corrected chi connectivity index (χ4v) is 3.16. The molecule has 1 atom stereocenters. The number of morpholine rings is 1. The number of aromatic amines is 1. The van der Waals surface area contributed by atoms with E-state index in [0.29, 0.717) is 25.6 Å². The van der Waals surface area contributed by atoms with Gasteiger partial charge in [-0.3, -0.25) is 0 Å². The highest BCUT2D eigenvalue weighted by Crippen LogP contribution is 2.34. The molecule has 3 aromatic heterocycles. The van der Waals surface area contributed by atoms with Crippen molar-refractivity contribution in [1.29, 1.82) is 0 Å². The van der Waals surface area contributed by atoms with Gasteiger partial charge in [0.05, 0.1) is 25.2 Å². The van der Waals surface area contributed by atoms with Crippen LogP contribution in [0.1, 0.15) is 0 Å². The molecule has 3 aromatic rings. The highest BCUT2D eigenvalue weighted by Gasteiger charge is 2.24. The van der Waals surface area contributed by atoms with Crippen LogP contribution in [0.15, 0.2) is 30.9 Å². The van der Waals surface area contributed by atoms with Crippen molar-refractivity contribution in [2.24, 2.45) is 5.73 Å². The van der Waals surface area contributed by atoms with Gasteiger partial charge in [0.25, 0.3) is 0 Å². The molecule has 8 nitrogen and oxygen atoms in total. The first-order valence-electron chi connectivity index (χ1n) is 8.19. The van der Waals surface area contributed by atoms with E-state index in [1.165, 1.54) is 0 Å². The minimum absolute atomic E-state index is 0.0159. The molecule has 0 amide bonds. The zero-order valence-corrected chi connectivity index (χ0v) is 14.0. The van der Waals surface area contributed by atoms with Gasteiger partial charge >= 0.3 is 0 Å². The minimum atomic E-state index is 0.0159. The summed E-state index contributed by atoms with van der Waals surface area (Å²) in [6.07, 6.45) is 5.27. The number of nitrogens with two attached hydrogens (primary N) is 1. The second-order valence-corrected chi connectivity index (χ2v) is 5.88. The molecule has 25 heavy (non-hydrogen) atoms. The summed E-state index contributed by atoms with van der Waals surface area (Å²) in [6.45, 7) is 2.61. The van der Waals surface area contributed by atoms with Gasteiger partial charge in [-0.2, -0.15) is 0 Å². The highest BCUT2D eigenvalue weighted by molar-refractivity contribution is 6.01. The highest BCUT2D eigenvalue weighted by atomic mass is 16.5. The Hall–Kier alpha value is -2.71. The number of anilines is 1. The third-order valence-corrected chi connectivity index (χ3v) is 4.41. The SMILES string of the molecule is COc1cc(-c2c[nH]c3ncnc(N4CCOC(CN)C4)c23)ccn1. The van der Waals surface area contributed by atoms with E-state index in [1.54, 1.807) is 19.6 Å². The molecule has 1 fully saturated rings. The van der Waals surface area contributed by atoms with Gasteiger partial charge in [0, 0.05) is 43.7 Å². The Labute approximate surface area is 145 Å². The molecule has 130 valence electrons. The fraction of sp³-hybridized carbons (Fsp3) is 0.353. The van der Waals surface area contributed by atoms with E-state index in [9.17, 15) is 0 Å². The summed E-state index contributed by atoms with van der Waals surface area (Å²) in [5.74, 6) is 1.46. The van der Waals surface area contributed by atoms with E-state index in [1.807, 2.05) is 18.3 Å². The van der Waals surface area contributed by atoms with Crippen LogP contribution in [-0.4, -0.2) is 59.4 Å². The van der Waals surface area contributed by atoms with Crippen molar-refractivity contribution in [3.8, 4) is 17.0 Å². The average Bonchev–Trinajstić information content (AvgIpc) is 3.12. The maximum atomic E-state index is 5.78. The molecule has 0 saturated carbocycles. The molecular formula is C17H20N6O2. The number of H-pyrrole nitrogens is 1. The number of nitrogens with one attached hydrogen (secondary N) is 1. The summed E-state index contributed by atoms with van der Waals surface area (Å²) in [4.78, 5) is 18.5. The summed E-state index contributed by atoms with van der Waals surface area (Å²) in [6, 6.07) is 3.85. The molecule has 0 radical (unpaired) electrons. The second-order valence-electron chi connectivity index (χ2n) is 5.88. The molecule has 8 heteroatoms. The van der Waals surface area contributed by atoms with Crippen molar-refractivity contribution in [3.63, 3.8) is 0 Å². The topological polar surface area (TPSA) is 102 Å². The summed E-state index contributed by atoms with van der Waals surface area (Å²) in [7, 11) is 1.61. The van der Waals surface area contributed by atoms with Crippen LogP contribution in [0.5, 0.6) is 5.88 Å². The monoisotopic (exact) mass is 340 g/mol. The predicted octanol–water partition coefficient (Wildman–Crippen LogP) is 1.19. The van der Waals surface area contributed by atoms with Gasteiger partial charge in [0.1, 0.15) is 17.8 Å². The standard InChI is InChI=1S/C17H20N6O2/c1-24-14-6-11(2-3-19-14)13-8-20-16-15(13)17(22-10-21-16)23-4-5-25-12(7-18)9-23/h2-3,6,8,10,12H,4-5,7,9,18H2,1H3,(H,20,21,22). The Kier molecular flexibility index (Phi) is 4.21. The lowest BCUT2D eigenvalue weighted by atomic mass is 10.1. The third-order valence-electron chi connectivity index (χ3n) is 4.41. The minimum Gasteiger partial charge on any atom is -0.481 e. The van der Waals surface area contributed by atoms with Crippen molar-refractivity contribution in [3.05, 3.63) is 30.9 Å². The zero-order valence-electron chi connectivity index (χ0n) is 14.0. The van der Waals surface area contributed by atoms with Crippen molar-refractivity contribution >= 4 is 16.9 Å². The van der Waals surface area contributed by atoms with Crippen LogP contribution in [0.4, 0.5) is 5.82 Å². The summed E-state index contributed by atoms with van der Waals surface area (Å²) in [5.41, 5.74) is 8.59. The Morgan fingerprint density at radius 1 is 1.40 bits per heavy atom. The number of hydrogen-bond acceptors (Lipinski definition) is 7. The molecule has 4 heterocycles. The van der Waals surface area contributed by atoms with E-state index in [2.05, 4.69) is 24.8 Å². The Morgan fingerprint density at radius 2 is 2.32 bits per heavy atom. The Balaban J connectivity index is 1.81. The molecule has 1 saturated heterocycles. The molecule has 0 aliphatic carbocycles. The van der Waals surface area contributed by atoms with Gasteiger partial charge in [-0.25, -0.2) is 15.0 Å². The van der Waals surface area contributed by atoms with Crippen LogP contribution in [0.2, 0.25) is 0 Å². The van der Waals surface area contributed by atoms with Gasteiger partial charge in [0.2, 0.25) is 5.88 Å². The van der Waals surface area contributed by atoms with Crippen LogP contribution in [0, 0.1) is 0 Å². The summed E-state index contributed by atoms with van der Waals surface area (Å²) in [5, 5.41) is 0.980. The molecule has 4 rings (SSSR count). The first-order chi connectivity index (χ1) is 12.3. The zero-order chi connectivity index (χ0) is 17.2. The summed E-state index contributed by atoms with van der Waals surface area (Å²) >= 11 is 0. The summed E-state index contributed by atoms with van der Waals surface area (Å²) < 4.78 is 10.9. The van der Waals surface area contributed by atoms with Crippen LogP contribution in [-0.2, 0) is 4.74 Å². The maximum Gasteiger partial charge on any atom is 0.213 e. The first-order valence-corrected chi connectivity index (χ1v) is 8.19. The molecule has 0 aromatic carbocycles. The molecule has 1 unspecified atom stereocenters. The lowest BCUT2D eigenvalue weighted by Crippen LogP contribution is -2.46. The third kappa shape index (κ3) is 2.90. The van der Waals surface area contributed by atoms with Crippen molar-refractivity contribution in [1.82, 2.24) is 19.9 Å². The van der Waals surface area contributed by atoms with E-state index in [4.69, 9.17) is 15.2 Å². The predicted molar refractivity (Wildman–Crippen MR) is 94.7 cm³/mol. The number of rotatable bonds is 4. The van der Waals surface area contributed by atoms with Gasteiger partial charge in [-0.1, -0.05) is 0 Å². The van der Waals surface area contributed by atoms with Gasteiger partial charge in [-0.05, 0) is 11.6 Å². The van der Waals surface area contributed by atoms with E-state index in [0.717, 1.165) is 34.5 Å². The van der Waals surface area contributed by atoms with Crippen LogP contribution >= 0.6 is 0 Å². The first kappa shape index (κ1) is 15.8. The molecule has 1 aliphatic heterocycles. The Morgan fingerprint density at radius 3 is 3.16 bits per heavy atom. The lowest BCUT2D eigenvalue weighted by molar-refractivity contribution is 0.0464. The van der Waals surface area contributed by atoms with Gasteiger partial charge in [0.15, 0.2) is 0 Å². The van der Waals surface area contributed by atoms with E-state index >= 15 is 0 Å². The van der Waals surface area contributed by atoms with E-state index < -0.39 is 0 Å². The number of pyridine rings is 1. The van der Waals surface area contributed by atoms with E-state index in [-0.39, 0.29) is 6.10 Å². The lowest BCUT2D eigenvalue weighted by Gasteiger charge is -2.33. The average molecular weight is 340 g/mol. The number of nitrogens with zero attached hydrogens (tertiary/aromatic N) is 4. The molecule has 3 N–H and O–H groups in total. The number of ether oxygens (including phenoxy) is 2. The fourth-order valence-electron chi connectivity index (χ4n) is 3.16.